The van der Waals surface area contributed by atoms with Gasteiger partial charge >= 0.3 is 0 Å². The molecule has 0 saturated heterocycles. The normalized spacial score (nSPS) is 13.5. The fourth-order valence-electron chi connectivity index (χ4n) is 1.56. The van der Waals surface area contributed by atoms with Crippen molar-refractivity contribution in [2.24, 2.45) is 11.7 Å². The van der Waals surface area contributed by atoms with Gasteiger partial charge in [0.1, 0.15) is 5.75 Å². The first-order valence-electron chi connectivity index (χ1n) is 5.52. The lowest BCUT2D eigenvalue weighted by molar-refractivity contribution is 0.439. The summed E-state index contributed by atoms with van der Waals surface area (Å²) >= 11 is 0. The van der Waals surface area contributed by atoms with Crippen LogP contribution >= 0.6 is 0 Å². The van der Waals surface area contributed by atoms with Crippen LogP contribution in [0.5, 0.6) is 5.75 Å². The molecule has 0 radical (unpaired) electrons. The number of nitrogens with two attached hydrogens (primary N) is 1. The molecule has 0 aromatic heterocycles. The molecule has 0 fully saturated rings. The van der Waals surface area contributed by atoms with Gasteiger partial charge in [0.05, 0.1) is 0 Å². The second kappa shape index (κ2) is 4.67. The zero-order chi connectivity index (χ0) is 11.6. The topological polar surface area (TPSA) is 46.2 Å². The van der Waals surface area contributed by atoms with E-state index in [-0.39, 0.29) is 6.04 Å². The molecule has 0 aliphatic carbocycles. The second-order valence-electron chi connectivity index (χ2n) is 4.74. The van der Waals surface area contributed by atoms with Crippen molar-refractivity contribution < 1.29 is 5.11 Å². The first kappa shape index (κ1) is 12.1. The molecule has 1 aromatic rings. The summed E-state index contributed by atoms with van der Waals surface area (Å²) in [7, 11) is 0. The van der Waals surface area contributed by atoms with Gasteiger partial charge in [0, 0.05) is 11.6 Å². The molecule has 2 nitrogen and oxygen atoms in total. The van der Waals surface area contributed by atoms with E-state index in [2.05, 4.69) is 27.7 Å². The highest BCUT2D eigenvalue weighted by molar-refractivity contribution is 5.39. The maximum Gasteiger partial charge on any atom is 0.120 e. The summed E-state index contributed by atoms with van der Waals surface area (Å²) in [6, 6.07) is 5.62. The van der Waals surface area contributed by atoms with Crippen LogP contribution in [0.15, 0.2) is 18.2 Å². The van der Waals surface area contributed by atoms with Gasteiger partial charge in [-0.2, -0.15) is 0 Å². The van der Waals surface area contributed by atoms with Crippen LogP contribution in [0.3, 0.4) is 0 Å². The molecule has 0 spiro atoms. The summed E-state index contributed by atoms with van der Waals surface area (Å²) in [5, 5.41) is 9.76. The van der Waals surface area contributed by atoms with Crippen molar-refractivity contribution in [1.82, 2.24) is 0 Å². The van der Waals surface area contributed by atoms with Gasteiger partial charge in [-0.25, -0.2) is 0 Å². The van der Waals surface area contributed by atoms with Gasteiger partial charge in [-0.15, -0.1) is 0 Å². The molecule has 2 heteroatoms. The Morgan fingerprint density at radius 1 is 1.13 bits per heavy atom. The van der Waals surface area contributed by atoms with E-state index in [0.29, 0.717) is 17.6 Å². The van der Waals surface area contributed by atoms with Gasteiger partial charge in [-0.05, 0) is 23.5 Å². The van der Waals surface area contributed by atoms with Crippen LogP contribution in [-0.4, -0.2) is 5.11 Å². The van der Waals surface area contributed by atoms with Gasteiger partial charge in [-0.1, -0.05) is 39.8 Å². The van der Waals surface area contributed by atoms with Crippen molar-refractivity contribution in [3.8, 4) is 5.75 Å². The Morgan fingerprint density at radius 3 is 2.20 bits per heavy atom. The lowest BCUT2D eigenvalue weighted by atomic mass is 9.92. The predicted molar refractivity (Wildman–Crippen MR) is 64.0 cm³/mol. The first-order valence-corrected chi connectivity index (χ1v) is 5.52. The number of benzene rings is 1. The number of aromatic hydroxyl groups is 1. The third kappa shape index (κ3) is 2.72. The Balaban J connectivity index is 3.10. The highest BCUT2D eigenvalue weighted by Crippen LogP contribution is 2.30. The van der Waals surface area contributed by atoms with Gasteiger partial charge in [0.25, 0.3) is 0 Å². The second-order valence-corrected chi connectivity index (χ2v) is 4.74. The van der Waals surface area contributed by atoms with Crippen LogP contribution < -0.4 is 5.73 Å². The SMILES string of the molecule is CC(C)c1ccc(O)c(C(N)C(C)C)c1. The van der Waals surface area contributed by atoms with E-state index < -0.39 is 0 Å². The minimum absolute atomic E-state index is 0.0938. The Bertz CT molecular complexity index is 331. The molecule has 15 heavy (non-hydrogen) atoms. The van der Waals surface area contributed by atoms with E-state index in [4.69, 9.17) is 5.73 Å². The molecule has 0 heterocycles. The fourth-order valence-corrected chi connectivity index (χ4v) is 1.56. The van der Waals surface area contributed by atoms with Gasteiger partial charge < -0.3 is 10.8 Å². The molecule has 84 valence electrons. The standard InChI is InChI=1S/C13H21NO/c1-8(2)10-5-6-12(15)11(7-10)13(14)9(3)4/h5-9,13,15H,14H2,1-4H3. The van der Waals surface area contributed by atoms with Crippen molar-refractivity contribution in [2.45, 2.75) is 39.7 Å². The molecule has 1 unspecified atom stereocenters. The van der Waals surface area contributed by atoms with E-state index in [1.54, 1.807) is 6.07 Å². The minimum atomic E-state index is -0.0938. The molecule has 1 atom stereocenters. The number of phenols is 1. The van der Waals surface area contributed by atoms with Crippen molar-refractivity contribution in [3.05, 3.63) is 29.3 Å². The summed E-state index contributed by atoms with van der Waals surface area (Å²) < 4.78 is 0. The molecular weight excluding hydrogens is 186 g/mol. The highest BCUT2D eigenvalue weighted by atomic mass is 16.3. The van der Waals surface area contributed by atoms with Crippen molar-refractivity contribution in [1.29, 1.82) is 0 Å². The summed E-state index contributed by atoms with van der Waals surface area (Å²) in [6.07, 6.45) is 0. The molecule has 0 amide bonds. The van der Waals surface area contributed by atoms with E-state index in [1.807, 2.05) is 12.1 Å². The largest absolute Gasteiger partial charge is 0.508 e. The van der Waals surface area contributed by atoms with Crippen molar-refractivity contribution >= 4 is 0 Å². The third-order valence-corrected chi connectivity index (χ3v) is 2.80. The predicted octanol–water partition coefficient (Wildman–Crippen LogP) is 3.17. The molecular formula is C13H21NO. The van der Waals surface area contributed by atoms with Crippen LogP contribution in [-0.2, 0) is 0 Å². The third-order valence-electron chi connectivity index (χ3n) is 2.80. The monoisotopic (exact) mass is 207 g/mol. The molecule has 0 saturated carbocycles. The van der Waals surface area contributed by atoms with Crippen LogP contribution in [0.25, 0.3) is 0 Å². The zero-order valence-corrected chi connectivity index (χ0v) is 9.99. The molecule has 0 aliphatic rings. The van der Waals surface area contributed by atoms with Crippen LogP contribution in [0.1, 0.15) is 50.8 Å². The average molecular weight is 207 g/mol. The van der Waals surface area contributed by atoms with Crippen LogP contribution in [0, 0.1) is 5.92 Å². The summed E-state index contributed by atoms with van der Waals surface area (Å²) in [4.78, 5) is 0. The van der Waals surface area contributed by atoms with Gasteiger partial charge in [0.2, 0.25) is 0 Å². The number of hydrogen-bond acceptors (Lipinski definition) is 2. The van der Waals surface area contributed by atoms with Crippen molar-refractivity contribution in [2.75, 3.05) is 0 Å². The maximum atomic E-state index is 9.76. The number of phenolic OH excluding ortho intramolecular Hbond substituents is 1. The van der Waals surface area contributed by atoms with Gasteiger partial charge in [-0.3, -0.25) is 0 Å². The molecule has 0 bridgehead atoms. The summed E-state index contributed by atoms with van der Waals surface area (Å²) in [5.74, 6) is 1.10. The molecule has 1 rings (SSSR count). The Morgan fingerprint density at radius 2 is 1.73 bits per heavy atom. The summed E-state index contributed by atoms with van der Waals surface area (Å²) in [6.45, 7) is 8.40. The minimum Gasteiger partial charge on any atom is -0.508 e. The Labute approximate surface area is 92.1 Å². The molecule has 3 N–H and O–H groups in total. The Kier molecular flexibility index (Phi) is 3.75. The van der Waals surface area contributed by atoms with Crippen molar-refractivity contribution in [3.63, 3.8) is 0 Å². The van der Waals surface area contributed by atoms with Crippen LogP contribution in [0.4, 0.5) is 0 Å². The average Bonchev–Trinajstić information content (AvgIpc) is 2.16. The van der Waals surface area contributed by atoms with Crippen LogP contribution in [0.2, 0.25) is 0 Å². The maximum absolute atomic E-state index is 9.76. The highest BCUT2D eigenvalue weighted by Gasteiger charge is 2.15. The lowest BCUT2D eigenvalue weighted by Crippen LogP contribution is -2.17. The first-order chi connectivity index (χ1) is 6.93. The van der Waals surface area contributed by atoms with E-state index in [9.17, 15) is 5.11 Å². The quantitative estimate of drug-likeness (QED) is 0.799. The van der Waals surface area contributed by atoms with E-state index in [0.717, 1.165) is 5.56 Å². The van der Waals surface area contributed by atoms with E-state index >= 15 is 0 Å². The fraction of sp³-hybridized carbons (Fsp3) is 0.538. The smallest absolute Gasteiger partial charge is 0.120 e. The Hall–Kier alpha value is -1.02. The van der Waals surface area contributed by atoms with E-state index in [1.165, 1.54) is 5.56 Å². The molecule has 0 aliphatic heterocycles. The van der Waals surface area contributed by atoms with Gasteiger partial charge in [0.15, 0.2) is 0 Å². The zero-order valence-electron chi connectivity index (χ0n) is 9.99. The lowest BCUT2D eigenvalue weighted by Gasteiger charge is -2.19. The molecule has 1 aromatic carbocycles. The summed E-state index contributed by atoms with van der Waals surface area (Å²) in [5.41, 5.74) is 8.13. The number of hydrogen-bond donors (Lipinski definition) is 2. The number of rotatable bonds is 3.